The van der Waals surface area contributed by atoms with Crippen LogP contribution in [0, 0.1) is 0 Å². The van der Waals surface area contributed by atoms with Gasteiger partial charge >= 0.3 is 0 Å². The van der Waals surface area contributed by atoms with E-state index in [0.29, 0.717) is 5.56 Å². The fourth-order valence-corrected chi connectivity index (χ4v) is 2.20. The van der Waals surface area contributed by atoms with Gasteiger partial charge in [-0.05, 0) is 5.56 Å². The van der Waals surface area contributed by atoms with Gasteiger partial charge in [0.25, 0.3) is 20.2 Å². The molecule has 0 saturated heterocycles. The summed E-state index contributed by atoms with van der Waals surface area (Å²) in [7, 11) is -7.37. The Hall–Kier alpha value is -0.960. The first kappa shape index (κ1) is 15.1. The van der Waals surface area contributed by atoms with Crippen molar-refractivity contribution in [3.8, 4) is 0 Å². The molecule has 0 aromatic heterocycles. The molecule has 18 heavy (non-hydrogen) atoms. The van der Waals surface area contributed by atoms with E-state index in [1.54, 1.807) is 30.3 Å². The minimum Gasteiger partial charge on any atom is -0.267 e. The predicted molar refractivity (Wildman–Crippen MR) is 65.9 cm³/mol. The smallest absolute Gasteiger partial charge is 0.265 e. The highest BCUT2D eigenvalue weighted by molar-refractivity contribution is 7.86. The topological polar surface area (TPSA) is 86.7 Å². The van der Waals surface area contributed by atoms with Crippen molar-refractivity contribution in [3.05, 3.63) is 35.9 Å². The molecule has 8 heteroatoms. The zero-order valence-corrected chi connectivity index (χ0v) is 11.6. The van der Waals surface area contributed by atoms with Gasteiger partial charge in [0.1, 0.15) is 6.10 Å². The summed E-state index contributed by atoms with van der Waals surface area (Å²) in [6, 6.07) is 8.38. The average molecular weight is 294 g/mol. The molecule has 0 aliphatic rings. The third-order valence-electron chi connectivity index (χ3n) is 1.90. The minimum atomic E-state index is -3.71. The van der Waals surface area contributed by atoms with Crippen molar-refractivity contribution in [3.63, 3.8) is 0 Å². The third-order valence-corrected chi connectivity index (χ3v) is 3.04. The summed E-state index contributed by atoms with van der Waals surface area (Å²) in [6.07, 6.45) is 0.787. The van der Waals surface area contributed by atoms with Gasteiger partial charge in [0.15, 0.2) is 0 Å². The Kier molecular flexibility index (Phi) is 4.85. The van der Waals surface area contributed by atoms with Gasteiger partial charge in [-0.15, -0.1) is 0 Å². The minimum absolute atomic E-state index is 0.393. The third kappa shape index (κ3) is 6.10. The van der Waals surface area contributed by atoms with E-state index in [1.807, 2.05) is 0 Å². The molecule has 0 aliphatic heterocycles. The zero-order valence-electron chi connectivity index (χ0n) is 9.94. The van der Waals surface area contributed by atoms with E-state index in [2.05, 4.69) is 4.18 Å². The van der Waals surface area contributed by atoms with Crippen molar-refractivity contribution in [1.29, 1.82) is 0 Å². The van der Waals surface area contributed by atoms with E-state index in [9.17, 15) is 16.8 Å². The first-order chi connectivity index (χ1) is 8.17. The van der Waals surface area contributed by atoms with Gasteiger partial charge in [0.2, 0.25) is 0 Å². The standard InChI is InChI=1S/C10H14O6S2/c1-17(11,12)15-8-10(16-18(2,13)14)9-6-4-3-5-7-9/h3-7,10H,8H2,1-2H3. The maximum Gasteiger partial charge on any atom is 0.265 e. The van der Waals surface area contributed by atoms with Crippen LogP contribution in [0.25, 0.3) is 0 Å². The van der Waals surface area contributed by atoms with Gasteiger partial charge in [-0.1, -0.05) is 30.3 Å². The van der Waals surface area contributed by atoms with E-state index in [4.69, 9.17) is 4.18 Å². The molecule has 1 aromatic carbocycles. The van der Waals surface area contributed by atoms with Crippen molar-refractivity contribution in [1.82, 2.24) is 0 Å². The summed E-state index contributed by atoms with van der Waals surface area (Å²) in [5.74, 6) is 0. The van der Waals surface area contributed by atoms with E-state index in [0.717, 1.165) is 12.5 Å². The SMILES string of the molecule is CS(=O)(=O)OCC(OS(C)(=O)=O)c1ccccc1. The van der Waals surface area contributed by atoms with Crippen molar-refractivity contribution in [2.45, 2.75) is 6.10 Å². The lowest BCUT2D eigenvalue weighted by molar-refractivity contribution is 0.141. The van der Waals surface area contributed by atoms with E-state index in [-0.39, 0.29) is 0 Å². The van der Waals surface area contributed by atoms with Gasteiger partial charge in [-0.25, -0.2) is 0 Å². The Morgan fingerprint density at radius 3 is 2.00 bits per heavy atom. The predicted octanol–water partition coefficient (Wildman–Crippen LogP) is 0.680. The van der Waals surface area contributed by atoms with Gasteiger partial charge in [0.05, 0.1) is 19.1 Å². The molecule has 102 valence electrons. The second-order valence-electron chi connectivity index (χ2n) is 3.69. The second kappa shape index (κ2) is 5.79. The Bertz CT molecular complexity index is 576. The van der Waals surface area contributed by atoms with Crippen molar-refractivity contribution < 1.29 is 25.2 Å². The molecule has 0 bridgehead atoms. The fraction of sp³-hybridized carbons (Fsp3) is 0.400. The highest BCUT2D eigenvalue weighted by atomic mass is 32.2. The molecular formula is C10H14O6S2. The van der Waals surface area contributed by atoms with Crippen LogP contribution in [0.15, 0.2) is 30.3 Å². The molecule has 0 saturated carbocycles. The highest BCUT2D eigenvalue weighted by Gasteiger charge is 2.20. The Labute approximate surface area is 107 Å². The number of hydrogen-bond acceptors (Lipinski definition) is 6. The maximum atomic E-state index is 11.1. The summed E-state index contributed by atoms with van der Waals surface area (Å²) in [5, 5.41) is 0. The Morgan fingerprint density at radius 2 is 1.56 bits per heavy atom. The quantitative estimate of drug-likeness (QED) is 0.717. The van der Waals surface area contributed by atoms with E-state index >= 15 is 0 Å². The van der Waals surface area contributed by atoms with Crippen LogP contribution >= 0.6 is 0 Å². The fourth-order valence-electron chi connectivity index (χ4n) is 1.24. The molecule has 0 N–H and O–H groups in total. The van der Waals surface area contributed by atoms with Crippen LogP contribution in [0.1, 0.15) is 11.7 Å². The largest absolute Gasteiger partial charge is 0.267 e. The Balaban J connectivity index is 2.89. The summed E-state index contributed by atoms with van der Waals surface area (Å²) in [6.45, 7) is -0.393. The van der Waals surface area contributed by atoms with Crippen molar-refractivity contribution in [2.75, 3.05) is 19.1 Å². The summed E-state index contributed by atoms with van der Waals surface area (Å²) < 4.78 is 53.4. The molecule has 6 nitrogen and oxygen atoms in total. The number of hydrogen-bond donors (Lipinski definition) is 0. The second-order valence-corrected chi connectivity index (χ2v) is 6.93. The maximum absolute atomic E-state index is 11.1. The van der Waals surface area contributed by atoms with Crippen LogP contribution in [0.2, 0.25) is 0 Å². The molecular weight excluding hydrogens is 280 g/mol. The van der Waals surface area contributed by atoms with Crippen LogP contribution in [0.3, 0.4) is 0 Å². The van der Waals surface area contributed by atoms with Gasteiger partial charge in [-0.3, -0.25) is 8.37 Å². The monoisotopic (exact) mass is 294 g/mol. The van der Waals surface area contributed by atoms with Gasteiger partial charge < -0.3 is 0 Å². The van der Waals surface area contributed by atoms with Crippen molar-refractivity contribution in [2.24, 2.45) is 0 Å². The van der Waals surface area contributed by atoms with Gasteiger partial charge in [0, 0.05) is 0 Å². The molecule has 1 rings (SSSR count). The van der Waals surface area contributed by atoms with Crippen molar-refractivity contribution >= 4 is 20.2 Å². The molecule has 0 heterocycles. The lowest BCUT2D eigenvalue weighted by Crippen LogP contribution is -2.18. The van der Waals surface area contributed by atoms with E-state index in [1.165, 1.54) is 0 Å². The molecule has 0 aliphatic carbocycles. The zero-order chi connectivity index (χ0) is 13.8. The summed E-state index contributed by atoms with van der Waals surface area (Å²) >= 11 is 0. The molecule has 1 atom stereocenters. The molecule has 0 radical (unpaired) electrons. The van der Waals surface area contributed by atoms with Crippen LogP contribution in [-0.2, 0) is 28.6 Å². The molecule has 0 spiro atoms. The lowest BCUT2D eigenvalue weighted by Gasteiger charge is -2.15. The van der Waals surface area contributed by atoms with E-state index < -0.39 is 32.9 Å². The first-order valence-electron chi connectivity index (χ1n) is 4.95. The first-order valence-corrected chi connectivity index (χ1v) is 8.58. The summed E-state index contributed by atoms with van der Waals surface area (Å²) in [4.78, 5) is 0. The average Bonchev–Trinajstić information content (AvgIpc) is 2.23. The van der Waals surface area contributed by atoms with Crippen LogP contribution in [0.5, 0.6) is 0 Å². The van der Waals surface area contributed by atoms with Crippen LogP contribution in [0.4, 0.5) is 0 Å². The Morgan fingerprint density at radius 1 is 1.00 bits per heavy atom. The van der Waals surface area contributed by atoms with Crippen LogP contribution < -0.4 is 0 Å². The van der Waals surface area contributed by atoms with Gasteiger partial charge in [-0.2, -0.15) is 16.8 Å². The highest BCUT2D eigenvalue weighted by Crippen LogP contribution is 2.20. The molecule has 1 unspecified atom stereocenters. The normalized spacial score (nSPS) is 14.3. The molecule has 0 fully saturated rings. The lowest BCUT2D eigenvalue weighted by atomic mass is 10.1. The number of rotatable bonds is 6. The summed E-state index contributed by atoms with van der Waals surface area (Å²) in [5.41, 5.74) is 0.520. The molecule has 1 aromatic rings. The molecule has 0 amide bonds. The van der Waals surface area contributed by atoms with Crippen LogP contribution in [-0.4, -0.2) is 36.0 Å². The number of benzene rings is 1.